The van der Waals surface area contributed by atoms with Gasteiger partial charge in [-0.3, -0.25) is 14.8 Å². The smallest absolute Gasteiger partial charge is 0.270 e. The Bertz CT molecular complexity index is 1110. The highest BCUT2D eigenvalue weighted by Crippen LogP contribution is 2.62. The highest BCUT2D eigenvalue weighted by atomic mass is 16.4. The highest BCUT2D eigenvalue weighted by molar-refractivity contribution is 5.92. The van der Waals surface area contributed by atoms with E-state index >= 15 is 0 Å². The zero-order chi connectivity index (χ0) is 21.1. The van der Waals surface area contributed by atoms with Crippen molar-refractivity contribution in [2.75, 3.05) is 0 Å². The molecule has 4 aliphatic rings. The van der Waals surface area contributed by atoms with Gasteiger partial charge in [0.2, 0.25) is 11.8 Å². The lowest BCUT2D eigenvalue weighted by Crippen LogP contribution is -2.64. The molecular weight excluding hydrogens is 390 g/mol. The molecule has 2 unspecified atom stereocenters. The molecule has 31 heavy (non-hydrogen) atoms. The second-order valence-corrected chi connectivity index (χ2v) is 9.79. The summed E-state index contributed by atoms with van der Waals surface area (Å²) in [6, 6.07) is 9.36. The van der Waals surface area contributed by atoms with Crippen molar-refractivity contribution < 1.29 is 9.21 Å². The lowest BCUT2D eigenvalue weighted by atomic mass is 9.46. The van der Waals surface area contributed by atoms with Crippen molar-refractivity contribution in [1.82, 2.24) is 25.5 Å². The van der Waals surface area contributed by atoms with Gasteiger partial charge in [0.25, 0.3) is 5.91 Å². The summed E-state index contributed by atoms with van der Waals surface area (Å²) < 4.78 is 6.24. The molecule has 3 heterocycles. The van der Waals surface area contributed by atoms with Crippen molar-refractivity contribution in [2.24, 2.45) is 11.8 Å². The Kier molecular flexibility index (Phi) is 4.04. The zero-order valence-corrected chi connectivity index (χ0v) is 17.5. The van der Waals surface area contributed by atoms with Gasteiger partial charge in [-0.2, -0.15) is 0 Å². The first-order chi connectivity index (χ1) is 15.0. The average Bonchev–Trinajstić information content (AvgIpc) is 3.25. The largest absolute Gasteiger partial charge is 0.420 e. The number of aromatic nitrogens is 4. The molecule has 4 bridgehead atoms. The molecule has 0 aliphatic heterocycles. The number of amides is 1. The molecule has 7 heteroatoms. The van der Waals surface area contributed by atoms with Gasteiger partial charge in [0.15, 0.2) is 0 Å². The number of rotatable bonds is 4. The van der Waals surface area contributed by atoms with Crippen LogP contribution in [0.4, 0.5) is 0 Å². The Balaban J connectivity index is 1.31. The Labute approximate surface area is 180 Å². The van der Waals surface area contributed by atoms with E-state index in [1.807, 2.05) is 31.2 Å². The molecule has 0 saturated heterocycles. The van der Waals surface area contributed by atoms with Crippen LogP contribution in [-0.4, -0.2) is 31.6 Å². The van der Waals surface area contributed by atoms with Crippen molar-refractivity contribution >= 4 is 5.91 Å². The summed E-state index contributed by atoms with van der Waals surface area (Å²) in [5.41, 5.74) is 1.88. The summed E-state index contributed by atoms with van der Waals surface area (Å²) >= 11 is 0. The standard InChI is InChI=1S/C24H25N5O2/c1-15-5-6-18(13-26-15)21-28-29-22(31-21)23-9-16-8-17(10-23)12-24(11-16,14-23)27-20(30)19-4-2-3-7-25-19/h2-7,13,16-17H,8-12,14H2,1H3,(H,27,30). The third-order valence-corrected chi connectivity index (χ3v) is 7.37. The van der Waals surface area contributed by atoms with Crippen molar-refractivity contribution in [2.45, 2.75) is 56.4 Å². The van der Waals surface area contributed by atoms with Crippen molar-refractivity contribution in [3.05, 3.63) is 60.0 Å². The Morgan fingerprint density at radius 1 is 1.06 bits per heavy atom. The molecule has 4 aliphatic carbocycles. The first kappa shape index (κ1) is 18.7. The maximum absolute atomic E-state index is 13.0. The maximum Gasteiger partial charge on any atom is 0.270 e. The van der Waals surface area contributed by atoms with Crippen LogP contribution in [0.25, 0.3) is 11.5 Å². The van der Waals surface area contributed by atoms with Crippen LogP contribution in [0.3, 0.4) is 0 Å². The quantitative estimate of drug-likeness (QED) is 0.695. The molecule has 3 aromatic heterocycles. The second-order valence-electron chi connectivity index (χ2n) is 9.79. The molecule has 4 fully saturated rings. The number of carbonyl (C=O) groups is 1. The topological polar surface area (TPSA) is 93.8 Å². The van der Waals surface area contributed by atoms with E-state index in [0.717, 1.165) is 43.4 Å². The molecule has 3 aromatic rings. The van der Waals surface area contributed by atoms with Gasteiger partial charge >= 0.3 is 0 Å². The van der Waals surface area contributed by atoms with Crippen LogP contribution in [0, 0.1) is 18.8 Å². The van der Waals surface area contributed by atoms with Gasteiger partial charge in [0, 0.05) is 23.6 Å². The molecule has 158 valence electrons. The van der Waals surface area contributed by atoms with Crippen molar-refractivity contribution in [3.63, 3.8) is 0 Å². The number of nitrogens with zero attached hydrogens (tertiary/aromatic N) is 4. The van der Waals surface area contributed by atoms with Gasteiger partial charge in [0.1, 0.15) is 5.69 Å². The van der Waals surface area contributed by atoms with E-state index in [1.54, 1.807) is 18.5 Å². The summed E-state index contributed by atoms with van der Waals surface area (Å²) in [5, 5.41) is 12.2. The predicted octanol–water partition coefficient (Wildman–Crippen LogP) is 3.86. The van der Waals surface area contributed by atoms with Gasteiger partial charge < -0.3 is 9.73 Å². The lowest BCUT2D eigenvalue weighted by molar-refractivity contribution is -0.0471. The third-order valence-electron chi connectivity index (χ3n) is 7.37. The van der Waals surface area contributed by atoms with Crippen LogP contribution >= 0.6 is 0 Å². The number of hydrogen-bond donors (Lipinski definition) is 1. The first-order valence-electron chi connectivity index (χ1n) is 11.0. The molecule has 2 atom stereocenters. The first-order valence-corrected chi connectivity index (χ1v) is 11.0. The third kappa shape index (κ3) is 3.14. The fraction of sp³-hybridized carbons (Fsp3) is 0.458. The number of nitrogens with one attached hydrogen (secondary N) is 1. The summed E-state index contributed by atoms with van der Waals surface area (Å²) in [5.74, 6) is 2.29. The minimum absolute atomic E-state index is 0.0883. The number of aryl methyl sites for hydroxylation is 1. The molecule has 1 N–H and O–H groups in total. The van der Waals surface area contributed by atoms with Crippen LogP contribution in [0.1, 0.15) is 60.6 Å². The van der Waals surface area contributed by atoms with E-state index < -0.39 is 0 Å². The second kappa shape index (κ2) is 6.70. The molecule has 0 spiro atoms. The Morgan fingerprint density at radius 3 is 2.61 bits per heavy atom. The molecular formula is C24H25N5O2. The van der Waals surface area contributed by atoms with Gasteiger partial charge in [-0.25, -0.2) is 0 Å². The van der Waals surface area contributed by atoms with Gasteiger partial charge in [-0.1, -0.05) is 6.07 Å². The minimum Gasteiger partial charge on any atom is -0.420 e. The molecule has 7 nitrogen and oxygen atoms in total. The predicted molar refractivity (Wildman–Crippen MR) is 113 cm³/mol. The highest BCUT2D eigenvalue weighted by Gasteiger charge is 2.60. The molecule has 1 amide bonds. The van der Waals surface area contributed by atoms with Crippen LogP contribution < -0.4 is 5.32 Å². The summed E-state index contributed by atoms with van der Waals surface area (Å²) in [6.07, 6.45) is 9.67. The van der Waals surface area contributed by atoms with E-state index in [0.29, 0.717) is 29.3 Å². The maximum atomic E-state index is 13.0. The zero-order valence-electron chi connectivity index (χ0n) is 17.5. The molecule has 0 aromatic carbocycles. The van der Waals surface area contributed by atoms with Crippen LogP contribution in [0.5, 0.6) is 0 Å². The fourth-order valence-electron chi connectivity index (χ4n) is 6.61. The van der Waals surface area contributed by atoms with Crippen LogP contribution in [0.15, 0.2) is 47.1 Å². The van der Waals surface area contributed by atoms with Crippen molar-refractivity contribution in [1.29, 1.82) is 0 Å². The number of carbonyl (C=O) groups excluding carboxylic acids is 1. The summed E-state index contributed by atoms with van der Waals surface area (Å²) in [6.45, 7) is 1.96. The SMILES string of the molecule is Cc1ccc(-c2nnc(C34CC5CC(CC(NC(=O)c6ccccn6)(C5)C3)C4)o2)cn1. The van der Waals surface area contributed by atoms with Gasteiger partial charge in [-0.15, -0.1) is 10.2 Å². The lowest BCUT2D eigenvalue weighted by Gasteiger charge is -2.60. The van der Waals surface area contributed by atoms with E-state index in [9.17, 15) is 4.79 Å². The van der Waals surface area contributed by atoms with E-state index in [-0.39, 0.29) is 16.9 Å². The fourth-order valence-corrected chi connectivity index (χ4v) is 6.61. The summed E-state index contributed by atoms with van der Waals surface area (Å²) in [4.78, 5) is 21.5. The van der Waals surface area contributed by atoms with Crippen LogP contribution in [0.2, 0.25) is 0 Å². The molecule has 7 rings (SSSR count). The van der Waals surface area contributed by atoms with Gasteiger partial charge in [0.05, 0.1) is 11.0 Å². The number of pyridine rings is 2. The van der Waals surface area contributed by atoms with Crippen molar-refractivity contribution in [3.8, 4) is 11.5 Å². The Morgan fingerprint density at radius 2 is 1.90 bits per heavy atom. The van der Waals surface area contributed by atoms with Gasteiger partial charge in [-0.05, 0) is 81.5 Å². The normalized spacial score (nSPS) is 31.0. The van der Waals surface area contributed by atoms with E-state index in [4.69, 9.17) is 4.42 Å². The Hall–Kier alpha value is -3.09. The summed E-state index contributed by atoms with van der Waals surface area (Å²) in [7, 11) is 0. The minimum atomic E-state index is -0.223. The van der Waals surface area contributed by atoms with E-state index in [1.165, 1.54) is 6.42 Å². The van der Waals surface area contributed by atoms with Crippen LogP contribution in [-0.2, 0) is 5.41 Å². The van der Waals surface area contributed by atoms with E-state index in [2.05, 4.69) is 25.5 Å². The average molecular weight is 415 g/mol. The monoisotopic (exact) mass is 415 g/mol. The molecule has 0 radical (unpaired) electrons. The number of hydrogen-bond acceptors (Lipinski definition) is 6. The molecule has 4 saturated carbocycles.